The summed E-state index contributed by atoms with van der Waals surface area (Å²) in [7, 11) is 0. The molecule has 2 heterocycles. The number of nitrogens with zero attached hydrogens (tertiary/aromatic N) is 1. The Balaban J connectivity index is 2.09. The van der Waals surface area contributed by atoms with Crippen LogP contribution in [-0.2, 0) is 4.79 Å². The average molecular weight is 296 g/mol. The lowest BCUT2D eigenvalue weighted by atomic mass is 9.77. The Labute approximate surface area is 91.2 Å². The van der Waals surface area contributed by atoms with Crippen LogP contribution in [0.25, 0.3) is 0 Å². The fraction of sp³-hybridized carbons (Fsp3) is 0.875. The van der Waals surface area contributed by atoms with Crippen LogP contribution in [0.15, 0.2) is 0 Å². The van der Waals surface area contributed by atoms with Crippen molar-refractivity contribution in [2.24, 2.45) is 5.41 Å². The predicted molar refractivity (Wildman–Crippen MR) is 56.0 cm³/mol. The molecule has 0 aromatic heterocycles. The molecule has 13 heavy (non-hydrogen) atoms. The van der Waals surface area contributed by atoms with Gasteiger partial charge in [-0.05, 0) is 12.8 Å². The molecule has 1 atom stereocenters. The van der Waals surface area contributed by atoms with E-state index in [1.165, 1.54) is 0 Å². The fourth-order valence-electron chi connectivity index (χ4n) is 2.16. The molecule has 74 valence electrons. The van der Waals surface area contributed by atoms with E-state index in [0.717, 1.165) is 25.9 Å². The summed E-state index contributed by atoms with van der Waals surface area (Å²) in [6.07, 6.45) is 1.72. The molecular weight excluding hydrogens is 283 g/mol. The molecule has 0 aliphatic carbocycles. The minimum absolute atomic E-state index is 0.0458. The largest absolute Gasteiger partial charge is 0.374 e. The maximum atomic E-state index is 11.6. The van der Waals surface area contributed by atoms with Gasteiger partial charge in [-0.2, -0.15) is 0 Å². The van der Waals surface area contributed by atoms with Crippen LogP contribution in [0.1, 0.15) is 19.3 Å². The van der Waals surface area contributed by atoms with Crippen molar-refractivity contribution in [3.63, 3.8) is 0 Å². The van der Waals surface area contributed by atoms with Crippen LogP contribution in [0.3, 0.4) is 0 Å². The van der Waals surface area contributed by atoms with Gasteiger partial charge in [0.15, 0.2) is 0 Å². The molecule has 2 N–H and O–H groups in total. The van der Waals surface area contributed by atoms with Crippen molar-refractivity contribution in [3.8, 4) is 0 Å². The zero-order valence-corrected chi connectivity index (χ0v) is 9.45. The number of aliphatic hydroxyl groups excluding tert-OH is 1. The van der Waals surface area contributed by atoms with Gasteiger partial charge in [0.25, 0.3) is 0 Å². The molecule has 0 aromatic carbocycles. The first kappa shape index (κ1) is 9.67. The lowest BCUT2D eigenvalue weighted by Crippen LogP contribution is -2.40. The third kappa shape index (κ3) is 1.69. The van der Waals surface area contributed by atoms with E-state index in [1.54, 1.807) is 0 Å². The molecule has 2 fully saturated rings. The number of halogens is 1. The number of hydrogen-bond acceptors (Lipinski definition) is 3. The summed E-state index contributed by atoms with van der Waals surface area (Å²) in [6.45, 7) is 1.89. The number of nitrogens with one attached hydrogen (secondary N) is 1. The number of amides is 1. The molecule has 1 spiro atoms. The molecule has 0 radical (unpaired) electrons. The van der Waals surface area contributed by atoms with Crippen molar-refractivity contribution in [1.82, 2.24) is 8.43 Å². The van der Waals surface area contributed by atoms with Gasteiger partial charge in [-0.15, -0.1) is 0 Å². The van der Waals surface area contributed by atoms with E-state index in [0.29, 0.717) is 6.42 Å². The van der Waals surface area contributed by atoms with Crippen molar-refractivity contribution < 1.29 is 9.90 Å². The summed E-state index contributed by atoms with van der Waals surface area (Å²) < 4.78 is 2.20. The van der Waals surface area contributed by atoms with Crippen LogP contribution in [0.4, 0.5) is 0 Å². The third-order valence-corrected chi connectivity index (χ3v) is 3.99. The van der Waals surface area contributed by atoms with Gasteiger partial charge in [-0.25, -0.2) is 3.11 Å². The minimum Gasteiger partial charge on any atom is -0.374 e. The Hall–Kier alpha value is 0.120. The zero-order chi connectivity index (χ0) is 9.47. The fourth-order valence-corrected chi connectivity index (χ4v) is 2.64. The summed E-state index contributed by atoms with van der Waals surface area (Å²) in [4.78, 5) is 11.6. The quantitative estimate of drug-likeness (QED) is 0.498. The Morgan fingerprint density at radius 1 is 1.54 bits per heavy atom. The second-order valence-electron chi connectivity index (χ2n) is 3.88. The van der Waals surface area contributed by atoms with Crippen molar-refractivity contribution in [2.75, 3.05) is 13.1 Å². The number of aliphatic hydroxyl groups is 1. The molecule has 2 aliphatic heterocycles. The van der Waals surface area contributed by atoms with Crippen molar-refractivity contribution in [2.45, 2.75) is 25.5 Å². The maximum Gasteiger partial charge on any atom is 0.228 e. The van der Waals surface area contributed by atoms with Crippen molar-refractivity contribution in [1.29, 1.82) is 0 Å². The highest BCUT2D eigenvalue weighted by atomic mass is 127. The minimum atomic E-state index is -0.617. The SMILES string of the molecule is O=C1NC(O)CC12CCN(I)CC2. The molecule has 4 nitrogen and oxygen atoms in total. The van der Waals surface area contributed by atoms with E-state index >= 15 is 0 Å². The number of carbonyl (C=O) groups excluding carboxylic acids is 1. The predicted octanol–water partition coefficient (Wildman–Crippen LogP) is 0.257. The Bertz CT molecular complexity index is 226. The molecular formula is C8H13IN2O2. The maximum absolute atomic E-state index is 11.6. The van der Waals surface area contributed by atoms with Crippen LogP contribution in [-0.4, -0.2) is 33.4 Å². The summed E-state index contributed by atoms with van der Waals surface area (Å²) in [5.74, 6) is 0.0458. The van der Waals surface area contributed by atoms with Crippen LogP contribution >= 0.6 is 22.9 Å². The summed E-state index contributed by atoms with van der Waals surface area (Å²) >= 11 is 2.28. The Morgan fingerprint density at radius 3 is 2.62 bits per heavy atom. The number of hydrogen-bond donors (Lipinski definition) is 2. The molecule has 0 bridgehead atoms. The first-order chi connectivity index (χ1) is 6.12. The standard InChI is InChI=1S/C8H13IN2O2/c9-11-3-1-8(2-4-11)5-6(12)10-7(8)13/h6,12H,1-5H2,(H,10,13). The van der Waals surface area contributed by atoms with Gasteiger partial charge in [0.1, 0.15) is 6.23 Å². The number of rotatable bonds is 0. The van der Waals surface area contributed by atoms with Gasteiger partial charge in [-0.1, -0.05) is 0 Å². The van der Waals surface area contributed by atoms with E-state index < -0.39 is 6.23 Å². The molecule has 2 rings (SSSR count). The third-order valence-electron chi connectivity index (χ3n) is 3.03. The number of carbonyl (C=O) groups is 1. The van der Waals surface area contributed by atoms with Crippen LogP contribution < -0.4 is 5.32 Å². The molecule has 2 aliphatic rings. The Kier molecular flexibility index (Phi) is 2.50. The molecule has 5 heteroatoms. The molecule has 2 saturated heterocycles. The molecule has 0 saturated carbocycles. The van der Waals surface area contributed by atoms with Gasteiger partial charge in [-0.3, -0.25) is 4.79 Å². The molecule has 0 aromatic rings. The van der Waals surface area contributed by atoms with Crippen LogP contribution in [0.5, 0.6) is 0 Å². The number of piperidine rings is 1. The van der Waals surface area contributed by atoms with Gasteiger partial charge < -0.3 is 10.4 Å². The van der Waals surface area contributed by atoms with Crippen LogP contribution in [0.2, 0.25) is 0 Å². The normalized spacial score (nSPS) is 33.7. The van der Waals surface area contributed by atoms with E-state index in [-0.39, 0.29) is 11.3 Å². The first-order valence-corrected chi connectivity index (χ1v) is 5.49. The Morgan fingerprint density at radius 2 is 2.15 bits per heavy atom. The molecule has 1 unspecified atom stereocenters. The van der Waals surface area contributed by atoms with Crippen molar-refractivity contribution in [3.05, 3.63) is 0 Å². The van der Waals surface area contributed by atoms with Crippen LogP contribution in [0, 0.1) is 5.41 Å². The van der Waals surface area contributed by atoms with Gasteiger partial charge in [0, 0.05) is 42.4 Å². The van der Waals surface area contributed by atoms with E-state index in [1.807, 2.05) is 0 Å². The zero-order valence-electron chi connectivity index (χ0n) is 7.29. The van der Waals surface area contributed by atoms with Crippen molar-refractivity contribution >= 4 is 28.8 Å². The first-order valence-electron chi connectivity index (χ1n) is 4.52. The summed E-state index contributed by atoms with van der Waals surface area (Å²) in [5, 5.41) is 11.9. The summed E-state index contributed by atoms with van der Waals surface area (Å²) in [5.41, 5.74) is -0.263. The van der Waals surface area contributed by atoms with E-state index in [9.17, 15) is 9.90 Å². The smallest absolute Gasteiger partial charge is 0.228 e. The van der Waals surface area contributed by atoms with E-state index in [2.05, 4.69) is 31.3 Å². The second kappa shape index (κ2) is 3.36. The highest BCUT2D eigenvalue weighted by Gasteiger charge is 2.47. The highest BCUT2D eigenvalue weighted by Crippen LogP contribution is 2.40. The average Bonchev–Trinajstić information content (AvgIpc) is 2.34. The van der Waals surface area contributed by atoms with E-state index in [4.69, 9.17) is 0 Å². The van der Waals surface area contributed by atoms with Gasteiger partial charge in [0.2, 0.25) is 5.91 Å². The van der Waals surface area contributed by atoms with Gasteiger partial charge in [0.05, 0.1) is 5.41 Å². The van der Waals surface area contributed by atoms with Gasteiger partial charge >= 0.3 is 0 Å². The summed E-state index contributed by atoms with van der Waals surface area (Å²) in [6, 6.07) is 0. The lowest BCUT2D eigenvalue weighted by Gasteiger charge is -2.34. The molecule has 1 amide bonds. The second-order valence-corrected chi connectivity index (χ2v) is 5.25. The highest BCUT2D eigenvalue weighted by molar-refractivity contribution is 14.1. The monoisotopic (exact) mass is 296 g/mol. The lowest BCUT2D eigenvalue weighted by molar-refractivity contribution is -0.129. The topological polar surface area (TPSA) is 52.6 Å².